The predicted octanol–water partition coefficient (Wildman–Crippen LogP) is 2.85. The van der Waals surface area contributed by atoms with Gasteiger partial charge in [0.25, 0.3) is 0 Å². The van der Waals surface area contributed by atoms with Gasteiger partial charge < -0.3 is 5.73 Å². The summed E-state index contributed by atoms with van der Waals surface area (Å²) in [7, 11) is 0. The molecule has 0 aliphatic carbocycles. The standard InChI is InChI=1S/C14H11ClN4/c15-14-18-8-11(16)13(19-14)7-9-3-4-12-10(6-9)2-1-5-17-12/h1-6,8H,7,16H2. The molecule has 0 unspecified atom stereocenters. The van der Waals surface area contributed by atoms with Gasteiger partial charge >= 0.3 is 0 Å². The molecule has 0 aliphatic rings. The quantitative estimate of drug-likeness (QED) is 0.727. The van der Waals surface area contributed by atoms with Gasteiger partial charge in [0.1, 0.15) is 0 Å². The van der Waals surface area contributed by atoms with Gasteiger partial charge in [-0.1, -0.05) is 12.1 Å². The van der Waals surface area contributed by atoms with Gasteiger partial charge in [-0.2, -0.15) is 0 Å². The van der Waals surface area contributed by atoms with E-state index in [1.807, 2.05) is 24.3 Å². The van der Waals surface area contributed by atoms with Crippen LogP contribution >= 0.6 is 11.6 Å². The van der Waals surface area contributed by atoms with Crippen LogP contribution in [0.3, 0.4) is 0 Å². The molecule has 0 saturated carbocycles. The predicted molar refractivity (Wildman–Crippen MR) is 76.0 cm³/mol. The second-order valence-electron chi connectivity index (χ2n) is 4.25. The van der Waals surface area contributed by atoms with Crippen LogP contribution in [0.5, 0.6) is 0 Å². The number of nitrogen functional groups attached to an aromatic ring is 1. The average molecular weight is 271 g/mol. The molecule has 0 aliphatic heterocycles. The molecule has 0 radical (unpaired) electrons. The largest absolute Gasteiger partial charge is 0.396 e. The topological polar surface area (TPSA) is 64.7 Å². The number of fused-ring (bicyclic) bond motifs is 1. The van der Waals surface area contributed by atoms with E-state index in [2.05, 4.69) is 21.0 Å². The highest BCUT2D eigenvalue weighted by Gasteiger charge is 2.05. The minimum atomic E-state index is 0.214. The van der Waals surface area contributed by atoms with Crippen LogP contribution < -0.4 is 5.73 Å². The number of rotatable bonds is 2. The van der Waals surface area contributed by atoms with E-state index in [0.717, 1.165) is 22.2 Å². The fraction of sp³-hybridized carbons (Fsp3) is 0.0714. The third kappa shape index (κ3) is 2.48. The van der Waals surface area contributed by atoms with E-state index in [4.69, 9.17) is 17.3 Å². The van der Waals surface area contributed by atoms with Gasteiger partial charge in [-0.15, -0.1) is 0 Å². The molecule has 2 heterocycles. The second-order valence-corrected chi connectivity index (χ2v) is 4.59. The number of nitrogens with zero attached hydrogens (tertiary/aromatic N) is 3. The lowest BCUT2D eigenvalue weighted by atomic mass is 10.1. The number of halogens is 1. The lowest BCUT2D eigenvalue weighted by Gasteiger charge is -2.06. The lowest BCUT2D eigenvalue weighted by Crippen LogP contribution is -2.01. The highest BCUT2D eigenvalue weighted by Crippen LogP contribution is 2.18. The Balaban J connectivity index is 1.98. The van der Waals surface area contributed by atoms with Crippen LogP contribution in [0.15, 0.2) is 42.7 Å². The molecule has 94 valence electrons. The van der Waals surface area contributed by atoms with Crippen molar-refractivity contribution in [3.8, 4) is 0 Å². The summed E-state index contributed by atoms with van der Waals surface area (Å²) in [5.74, 6) is 0. The van der Waals surface area contributed by atoms with Crippen LogP contribution in [0.25, 0.3) is 10.9 Å². The Morgan fingerprint density at radius 2 is 2.05 bits per heavy atom. The first-order valence-electron chi connectivity index (χ1n) is 5.83. The van der Waals surface area contributed by atoms with Crippen molar-refractivity contribution < 1.29 is 0 Å². The number of hydrogen-bond donors (Lipinski definition) is 1. The van der Waals surface area contributed by atoms with Gasteiger partial charge in [0.2, 0.25) is 5.28 Å². The van der Waals surface area contributed by atoms with Crippen LogP contribution in [-0.2, 0) is 6.42 Å². The maximum Gasteiger partial charge on any atom is 0.222 e. The Labute approximate surface area is 115 Å². The van der Waals surface area contributed by atoms with Crippen LogP contribution in [-0.4, -0.2) is 15.0 Å². The third-order valence-electron chi connectivity index (χ3n) is 2.91. The maximum atomic E-state index is 5.85. The van der Waals surface area contributed by atoms with E-state index in [1.54, 1.807) is 6.20 Å². The zero-order valence-electron chi connectivity index (χ0n) is 10.0. The van der Waals surface area contributed by atoms with E-state index >= 15 is 0 Å². The van der Waals surface area contributed by atoms with E-state index in [-0.39, 0.29) is 5.28 Å². The van der Waals surface area contributed by atoms with Crippen molar-refractivity contribution >= 4 is 28.2 Å². The van der Waals surface area contributed by atoms with Gasteiger partial charge in [0.15, 0.2) is 0 Å². The molecule has 0 bridgehead atoms. The number of hydrogen-bond acceptors (Lipinski definition) is 4. The molecule has 0 saturated heterocycles. The fourth-order valence-corrected chi connectivity index (χ4v) is 2.12. The molecule has 0 spiro atoms. The summed E-state index contributed by atoms with van der Waals surface area (Å²) in [6.45, 7) is 0. The highest BCUT2D eigenvalue weighted by atomic mass is 35.5. The van der Waals surface area contributed by atoms with Crippen LogP contribution in [0.2, 0.25) is 5.28 Å². The van der Waals surface area contributed by atoms with Crippen molar-refractivity contribution in [1.29, 1.82) is 0 Å². The first kappa shape index (κ1) is 11.9. The SMILES string of the molecule is Nc1cnc(Cl)nc1Cc1ccc2ncccc2c1. The maximum absolute atomic E-state index is 5.85. The number of anilines is 1. The minimum absolute atomic E-state index is 0.214. The van der Waals surface area contributed by atoms with Crippen molar-refractivity contribution in [2.45, 2.75) is 6.42 Å². The Morgan fingerprint density at radius 1 is 1.16 bits per heavy atom. The molecule has 3 aromatic rings. The Kier molecular flexibility index (Phi) is 3.01. The van der Waals surface area contributed by atoms with Crippen molar-refractivity contribution in [2.75, 3.05) is 5.73 Å². The third-order valence-corrected chi connectivity index (χ3v) is 3.09. The highest BCUT2D eigenvalue weighted by molar-refractivity contribution is 6.28. The van der Waals surface area contributed by atoms with Gasteiger partial charge in [-0.3, -0.25) is 4.98 Å². The summed E-state index contributed by atoms with van der Waals surface area (Å²) >= 11 is 5.79. The molecular weight excluding hydrogens is 260 g/mol. The summed E-state index contributed by atoms with van der Waals surface area (Å²) < 4.78 is 0. The van der Waals surface area contributed by atoms with Crippen molar-refractivity contribution in [2.24, 2.45) is 0 Å². The summed E-state index contributed by atoms with van der Waals surface area (Å²) in [4.78, 5) is 12.3. The van der Waals surface area contributed by atoms with Crippen molar-refractivity contribution in [3.05, 3.63) is 59.3 Å². The van der Waals surface area contributed by atoms with E-state index < -0.39 is 0 Å². The molecule has 2 aromatic heterocycles. The zero-order chi connectivity index (χ0) is 13.2. The summed E-state index contributed by atoms with van der Waals surface area (Å²) in [5, 5.41) is 1.31. The van der Waals surface area contributed by atoms with Gasteiger partial charge in [-0.05, 0) is 35.4 Å². The first-order chi connectivity index (χ1) is 9.22. The Hall–Kier alpha value is -2.20. The van der Waals surface area contributed by atoms with E-state index in [1.165, 1.54) is 6.20 Å². The van der Waals surface area contributed by atoms with Gasteiger partial charge in [0.05, 0.1) is 23.1 Å². The fourth-order valence-electron chi connectivity index (χ4n) is 1.97. The van der Waals surface area contributed by atoms with Crippen LogP contribution in [0.4, 0.5) is 5.69 Å². The zero-order valence-corrected chi connectivity index (χ0v) is 10.8. The monoisotopic (exact) mass is 270 g/mol. The normalized spacial score (nSPS) is 10.8. The molecule has 19 heavy (non-hydrogen) atoms. The number of aromatic nitrogens is 3. The van der Waals surface area contributed by atoms with Gasteiger partial charge in [-0.25, -0.2) is 9.97 Å². The summed E-state index contributed by atoms with van der Waals surface area (Å²) in [6, 6.07) is 10.0. The Morgan fingerprint density at radius 3 is 2.95 bits per heavy atom. The number of benzene rings is 1. The molecule has 0 amide bonds. The summed E-state index contributed by atoms with van der Waals surface area (Å²) in [6.07, 6.45) is 3.94. The summed E-state index contributed by atoms with van der Waals surface area (Å²) in [5.41, 5.74) is 9.23. The Bertz CT molecular complexity index is 742. The molecule has 3 rings (SSSR count). The molecule has 4 nitrogen and oxygen atoms in total. The molecule has 0 atom stereocenters. The van der Waals surface area contributed by atoms with E-state index in [0.29, 0.717) is 12.1 Å². The average Bonchev–Trinajstić information content (AvgIpc) is 2.43. The molecule has 5 heteroatoms. The van der Waals surface area contributed by atoms with Crippen LogP contribution in [0, 0.1) is 0 Å². The van der Waals surface area contributed by atoms with E-state index in [9.17, 15) is 0 Å². The smallest absolute Gasteiger partial charge is 0.222 e. The van der Waals surface area contributed by atoms with Crippen LogP contribution in [0.1, 0.15) is 11.3 Å². The van der Waals surface area contributed by atoms with Crippen molar-refractivity contribution in [1.82, 2.24) is 15.0 Å². The van der Waals surface area contributed by atoms with Gasteiger partial charge in [0, 0.05) is 18.0 Å². The molecule has 0 fully saturated rings. The second kappa shape index (κ2) is 4.82. The molecule has 1 aromatic carbocycles. The number of pyridine rings is 1. The molecule has 2 N–H and O–H groups in total. The first-order valence-corrected chi connectivity index (χ1v) is 6.21. The number of nitrogens with two attached hydrogens (primary N) is 1. The minimum Gasteiger partial charge on any atom is -0.396 e. The molecular formula is C14H11ClN4. The van der Waals surface area contributed by atoms with Crippen molar-refractivity contribution in [3.63, 3.8) is 0 Å². The lowest BCUT2D eigenvalue weighted by molar-refractivity contribution is 1.04.